The molecule has 0 aliphatic carbocycles. The van der Waals surface area contributed by atoms with Crippen LogP contribution in [-0.2, 0) is 16.6 Å². The average molecular weight is 300 g/mol. The Hall–Kier alpha value is -1.18. The van der Waals surface area contributed by atoms with Gasteiger partial charge in [0.15, 0.2) is 5.03 Å². The molecule has 0 radical (unpaired) electrons. The Kier molecular flexibility index (Phi) is 6.38. The van der Waals surface area contributed by atoms with E-state index in [0.717, 1.165) is 18.7 Å². The molecule has 0 saturated carbocycles. The van der Waals surface area contributed by atoms with Crippen LogP contribution in [0.5, 0.6) is 0 Å². The first-order valence-electron chi connectivity index (χ1n) is 6.84. The molecular formula is C13H24N4O2S. The van der Waals surface area contributed by atoms with E-state index in [4.69, 9.17) is 0 Å². The van der Waals surface area contributed by atoms with Gasteiger partial charge in [0.25, 0.3) is 10.0 Å². The Morgan fingerprint density at radius 3 is 2.70 bits per heavy atom. The Bertz CT molecular complexity index is 537. The minimum absolute atomic E-state index is 0.117. The van der Waals surface area contributed by atoms with E-state index in [2.05, 4.69) is 22.1 Å². The average Bonchev–Trinajstić information content (AvgIpc) is 2.78. The number of aromatic nitrogens is 2. The van der Waals surface area contributed by atoms with Gasteiger partial charge in [0, 0.05) is 30.9 Å². The van der Waals surface area contributed by atoms with Crippen LogP contribution in [0.1, 0.15) is 31.5 Å². The number of aromatic amines is 1. The molecule has 0 bridgehead atoms. The number of aryl methyl sites for hydroxylation is 1. The molecule has 0 spiro atoms. The van der Waals surface area contributed by atoms with E-state index >= 15 is 0 Å². The second-order valence-corrected chi connectivity index (χ2v) is 6.42. The van der Waals surface area contributed by atoms with Gasteiger partial charge in [-0.15, -0.1) is 6.58 Å². The number of hydrogen-bond acceptors (Lipinski definition) is 4. The Labute approximate surface area is 121 Å². The molecule has 0 fully saturated rings. The lowest BCUT2D eigenvalue weighted by Crippen LogP contribution is -2.33. The van der Waals surface area contributed by atoms with E-state index < -0.39 is 10.0 Å². The lowest BCUT2D eigenvalue weighted by molar-refractivity contribution is 0.438. The fourth-order valence-corrected chi connectivity index (χ4v) is 3.59. The van der Waals surface area contributed by atoms with Gasteiger partial charge in [0.1, 0.15) is 0 Å². The highest BCUT2D eigenvalue weighted by atomic mass is 32.2. The summed E-state index contributed by atoms with van der Waals surface area (Å²) in [6.07, 6.45) is 2.34. The highest BCUT2D eigenvalue weighted by Crippen LogP contribution is 2.20. The summed E-state index contributed by atoms with van der Waals surface area (Å²) in [7, 11) is -3.59. The summed E-state index contributed by atoms with van der Waals surface area (Å²) in [6.45, 7) is 11.4. The summed E-state index contributed by atoms with van der Waals surface area (Å²) >= 11 is 0. The maximum Gasteiger partial charge on any atom is 0.262 e. The number of H-pyrrole nitrogens is 1. The van der Waals surface area contributed by atoms with Crippen molar-refractivity contribution >= 4 is 10.0 Å². The van der Waals surface area contributed by atoms with Crippen molar-refractivity contribution in [3.05, 3.63) is 23.9 Å². The highest BCUT2D eigenvalue weighted by Gasteiger charge is 2.29. The largest absolute Gasteiger partial charge is 0.313 e. The number of sulfonamides is 1. The van der Waals surface area contributed by atoms with Crippen LogP contribution in [0.25, 0.3) is 0 Å². The third kappa shape index (κ3) is 3.68. The van der Waals surface area contributed by atoms with Gasteiger partial charge < -0.3 is 5.32 Å². The second-order valence-electron chi connectivity index (χ2n) is 4.56. The number of rotatable bonds is 9. The van der Waals surface area contributed by atoms with Gasteiger partial charge in [-0.05, 0) is 19.9 Å². The van der Waals surface area contributed by atoms with Gasteiger partial charge in [-0.1, -0.05) is 19.9 Å². The zero-order chi connectivity index (χ0) is 15.2. The molecule has 20 heavy (non-hydrogen) atoms. The first-order valence-corrected chi connectivity index (χ1v) is 8.28. The van der Waals surface area contributed by atoms with Crippen molar-refractivity contribution in [1.29, 1.82) is 0 Å². The molecule has 0 atom stereocenters. The normalized spacial score (nSPS) is 12.0. The maximum atomic E-state index is 12.7. The molecule has 0 aliphatic rings. The van der Waals surface area contributed by atoms with E-state index in [1.54, 1.807) is 6.08 Å². The molecular weight excluding hydrogens is 276 g/mol. The van der Waals surface area contributed by atoms with Crippen molar-refractivity contribution in [2.45, 2.75) is 38.8 Å². The first-order chi connectivity index (χ1) is 9.48. The topological polar surface area (TPSA) is 78.1 Å². The summed E-state index contributed by atoms with van der Waals surface area (Å²) in [6, 6.07) is 0. The molecule has 1 heterocycles. The number of nitrogens with zero attached hydrogens (tertiary/aromatic N) is 2. The van der Waals surface area contributed by atoms with Crippen molar-refractivity contribution < 1.29 is 8.42 Å². The molecule has 6 nitrogen and oxygen atoms in total. The minimum Gasteiger partial charge on any atom is -0.313 e. The standard InChI is InChI=1S/C13H24N4O2S/c1-5-8-17(9-6-2)20(18,19)13-12(10-14-7-3)11(4)15-16-13/h5,14H,1,6-10H2,2-4H3,(H,15,16). The van der Waals surface area contributed by atoms with Crippen LogP contribution >= 0.6 is 0 Å². The predicted molar refractivity (Wildman–Crippen MR) is 80.0 cm³/mol. The van der Waals surface area contributed by atoms with Gasteiger partial charge in [-0.3, -0.25) is 5.10 Å². The second kappa shape index (κ2) is 7.56. The summed E-state index contributed by atoms with van der Waals surface area (Å²) in [5, 5.41) is 10.0. The fraction of sp³-hybridized carbons (Fsp3) is 0.615. The quantitative estimate of drug-likeness (QED) is 0.676. The zero-order valence-corrected chi connectivity index (χ0v) is 13.3. The van der Waals surface area contributed by atoms with Crippen LogP contribution in [0, 0.1) is 6.92 Å². The summed E-state index contributed by atoms with van der Waals surface area (Å²) in [4.78, 5) is 0. The van der Waals surface area contributed by atoms with Gasteiger partial charge in [-0.2, -0.15) is 9.40 Å². The molecule has 0 aromatic carbocycles. The monoisotopic (exact) mass is 300 g/mol. The van der Waals surface area contributed by atoms with Crippen LogP contribution in [0.3, 0.4) is 0 Å². The third-order valence-electron chi connectivity index (χ3n) is 2.98. The van der Waals surface area contributed by atoms with Crippen molar-refractivity contribution in [1.82, 2.24) is 19.8 Å². The lowest BCUT2D eigenvalue weighted by Gasteiger charge is -2.19. The third-order valence-corrected chi connectivity index (χ3v) is 4.82. The van der Waals surface area contributed by atoms with Crippen LogP contribution in [0.2, 0.25) is 0 Å². The maximum absolute atomic E-state index is 12.7. The summed E-state index contributed by atoms with van der Waals surface area (Å²) in [5.41, 5.74) is 1.48. The van der Waals surface area contributed by atoms with Crippen molar-refractivity contribution in [2.75, 3.05) is 19.6 Å². The Morgan fingerprint density at radius 1 is 1.45 bits per heavy atom. The minimum atomic E-state index is -3.59. The zero-order valence-electron chi connectivity index (χ0n) is 12.4. The van der Waals surface area contributed by atoms with Crippen LogP contribution in [0.15, 0.2) is 17.7 Å². The van der Waals surface area contributed by atoms with Gasteiger partial charge in [-0.25, -0.2) is 8.42 Å². The SMILES string of the molecule is C=CCN(CCC)S(=O)(=O)c1n[nH]c(C)c1CNCC. The molecule has 0 aliphatic heterocycles. The van der Waals surface area contributed by atoms with Crippen LogP contribution < -0.4 is 5.32 Å². The smallest absolute Gasteiger partial charge is 0.262 e. The van der Waals surface area contributed by atoms with E-state index in [0.29, 0.717) is 25.2 Å². The van der Waals surface area contributed by atoms with E-state index in [9.17, 15) is 8.42 Å². The van der Waals surface area contributed by atoms with Crippen molar-refractivity contribution in [3.63, 3.8) is 0 Å². The molecule has 114 valence electrons. The molecule has 2 N–H and O–H groups in total. The number of nitrogens with one attached hydrogen (secondary N) is 2. The Morgan fingerprint density at radius 2 is 2.15 bits per heavy atom. The lowest BCUT2D eigenvalue weighted by atomic mass is 10.2. The number of hydrogen-bond donors (Lipinski definition) is 2. The van der Waals surface area contributed by atoms with Gasteiger partial charge >= 0.3 is 0 Å². The molecule has 1 aromatic heterocycles. The van der Waals surface area contributed by atoms with E-state index in [1.165, 1.54) is 4.31 Å². The van der Waals surface area contributed by atoms with Crippen LogP contribution in [-0.4, -0.2) is 42.6 Å². The molecule has 0 saturated heterocycles. The van der Waals surface area contributed by atoms with Gasteiger partial charge in [0.05, 0.1) is 0 Å². The van der Waals surface area contributed by atoms with Crippen molar-refractivity contribution in [2.24, 2.45) is 0 Å². The van der Waals surface area contributed by atoms with E-state index in [-0.39, 0.29) is 5.03 Å². The fourth-order valence-electron chi connectivity index (χ4n) is 1.93. The predicted octanol–water partition coefficient (Wildman–Crippen LogP) is 1.41. The summed E-state index contributed by atoms with van der Waals surface area (Å²) in [5.74, 6) is 0. The molecule has 0 amide bonds. The first kappa shape index (κ1) is 16.9. The molecule has 1 rings (SSSR count). The van der Waals surface area contributed by atoms with E-state index in [1.807, 2.05) is 20.8 Å². The van der Waals surface area contributed by atoms with Crippen LogP contribution in [0.4, 0.5) is 0 Å². The summed E-state index contributed by atoms with van der Waals surface area (Å²) < 4.78 is 26.8. The van der Waals surface area contributed by atoms with Crippen molar-refractivity contribution in [3.8, 4) is 0 Å². The highest BCUT2D eigenvalue weighted by molar-refractivity contribution is 7.89. The molecule has 7 heteroatoms. The van der Waals surface area contributed by atoms with Gasteiger partial charge in [0.2, 0.25) is 0 Å². The Balaban J connectivity index is 3.16. The molecule has 0 unspecified atom stereocenters. The molecule has 1 aromatic rings.